The number of fused-ring (bicyclic) bond motifs is 1. The lowest BCUT2D eigenvalue weighted by molar-refractivity contribution is -0.117. The molecule has 7 heteroatoms. The lowest BCUT2D eigenvalue weighted by Crippen LogP contribution is -2.33. The number of allylic oxidation sites excluding steroid dienone is 2. The van der Waals surface area contributed by atoms with Crippen molar-refractivity contribution in [3.63, 3.8) is 0 Å². The molecule has 4 rings (SSSR count). The van der Waals surface area contributed by atoms with Gasteiger partial charge in [-0.05, 0) is 35.8 Å². The number of Topliss-reactive ketones (excluding diaryl/α,β-unsaturated/α-hetero) is 1. The summed E-state index contributed by atoms with van der Waals surface area (Å²) in [6.07, 6.45) is 1.42. The van der Waals surface area contributed by atoms with Crippen LogP contribution in [0.15, 0.2) is 40.7 Å². The first-order chi connectivity index (χ1) is 12.6. The molecule has 2 aromatic rings. The minimum Gasteiger partial charge on any atom is -0.497 e. The van der Waals surface area contributed by atoms with Gasteiger partial charge in [0.25, 0.3) is 0 Å². The number of thioether (sulfide) groups is 1. The maximum atomic E-state index is 12.9. The Balaban J connectivity index is 1.87. The van der Waals surface area contributed by atoms with Crippen LogP contribution in [0, 0.1) is 5.92 Å². The van der Waals surface area contributed by atoms with Crippen molar-refractivity contribution in [2.45, 2.75) is 37.9 Å². The molecule has 2 heterocycles. The molecule has 2 aliphatic rings. The molecule has 1 aromatic carbocycles. The Morgan fingerprint density at radius 2 is 2.23 bits per heavy atom. The standard InChI is InChI=1S/C19H22N4O2S/c1-4-26-19-21-18-20-14-8-11(2)9-15(24)16(14)17(23(18)22-19)12-6-5-7-13(10-12)25-3/h5-7,10-11,17H,4,8-9H2,1-3H3,(H,20,21,22). The zero-order chi connectivity index (χ0) is 18.3. The molecule has 0 fully saturated rings. The number of anilines is 1. The first-order valence-corrected chi connectivity index (χ1v) is 9.85. The summed E-state index contributed by atoms with van der Waals surface area (Å²) in [6.45, 7) is 4.19. The van der Waals surface area contributed by atoms with Gasteiger partial charge in [-0.2, -0.15) is 4.98 Å². The summed E-state index contributed by atoms with van der Waals surface area (Å²) in [5.74, 6) is 2.89. The Kier molecular flexibility index (Phi) is 4.48. The Morgan fingerprint density at radius 3 is 3.00 bits per heavy atom. The van der Waals surface area contributed by atoms with Crippen molar-refractivity contribution < 1.29 is 9.53 Å². The second-order valence-electron chi connectivity index (χ2n) is 6.73. The molecule has 26 heavy (non-hydrogen) atoms. The molecule has 1 aliphatic carbocycles. The van der Waals surface area contributed by atoms with Gasteiger partial charge in [0.2, 0.25) is 11.1 Å². The average molecular weight is 370 g/mol. The van der Waals surface area contributed by atoms with E-state index in [1.54, 1.807) is 18.9 Å². The van der Waals surface area contributed by atoms with Crippen LogP contribution in [-0.4, -0.2) is 33.4 Å². The van der Waals surface area contributed by atoms with E-state index >= 15 is 0 Å². The van der Waals surface area contributed by atoms with Crippen molar-refractivity contribution in [2.75, 3.05) is 18.2 Å². The van der Waals surface area contributed by atoms with Crippen LogP contribution in [-0.2, 0) is 4.79 Å². The third-order valence-corrected chi connectivity index (χ3v) is 5.51. The Hall–Kier alpha value is -2.28. The van der Waals surface area contributed by atoms with Gasteiger partial charge in [0.15, 0.2) is 5.78 Å². The second-order valence-corrected chi connectivity index (χ2v) is 7.96. The molecule has 136 valence electrons. The molecule has 0 radical (unpaired) electrons. The van der Waals surface area contributed by atoms with Gasteiger partial charge in [-0.1, -0.05) is 37.7 Å². The second kappa shape index (κ2) is 6.79. The molecule has 1 N–H and O–H groups in total. The van der Waals surface area contributed by atoms with Crippen LogP contribution in [0.5, 0.6) is 5.75 Å². The minimum atomic E-state index is -0.268. The summed E-state index contributed by atoms with van der Waals surface area (Å²) < 4.78 is 7.24. The third-order valence-electron chi connectivity index (χ3n) is 4.79. The highest BCUT2D eigenvalue weighted by Gasteiger charge is 2.38. The summed E-state index contributed by atoms with van der Waals surface area (Å²) in [5.41, 5.74) is 2.77. The van der Waals surface area contributed by atoms with Crippen LogP contribution in [0.4, 0.5) is 5.95 Å². The number of benzene rings is 1. The predicted molar refractivity (Wildman–Crippen MR) is 102 cm³/mol. The van der Waals surface area contributed by atoms with Crippen molar-refractivity contribution >= 4 is 23.5 Å². The van der Waals surface area contributed by atoms with Crippen molar-refractivity contribution in [1.82, 2.24) is 14.8 Å². The molecule has 0 saturated heterocycles. The fraction of sp³-hybridized carbons (Fsp3) is 0.421. The number of ketones is 1. The fourth-order valence-electron chi connectivity index (χ4n) is 3.70. The predicted octanol–water partition coefficient (Wildman–Crippen LogP) is 3.67. The molecule has 1 aromatic heterocycles. The monoisotopic (exact) mass is 370 g/mol. The van der Waals surface area contributed by atoms with E-state index < -0.39 is 0 Å². The van der Waals surface area contributed by atoms with Crippen LogP contribution in [0.3, 0.4) is 0 Å². The topological polar surface area (TPSA) is 69.0 Å². The third kappa shape index (κ3) is 2.90. The van der Waals surface area contributed by atoms with E-state index in [4.69, 9.17) is 4.74 Å². The Morgan fingerprint density at radius 1 is 1.38 bits per heavy atom. The first-order valence-electron chi connectivity index (χ1n) is 8.87. The maximum absolute atomic E-state index is 12.9. The number of carbonyl (C=O) groups is 1. The summed E-state index contributed by atoms with van der Waals surface area (Å²) in [5, 5.41) is 8.77. The SMILES string of the molecule is CCSc1nc2n(n1)C(c1cccc(OC)c1)C1=C(CC(C)CC1=O)N2. The molecular weight excluding hydrogens is 348 g/mol. The average Bonchev–Trinajstić information content (AvgIpc) is 3.02. The molecule has 0 bridgehead atoms. The zero-order valence-corrected chi connectivity index (χ0v) is 16.0. The van der Waals surface area contributed by atoms with Gasteiger partial charge in [0, 0.05) is 17.7 Å². The Labute approximate surface area is 157 Å². The minimum absolute atomic E-state index is 0.185. The van der Waals surface area contributed by atoms with Gasteiger partial charge in [-0.25, -0.2) is 4.68 Å². The number of methoxy groups -OCH3 is 1. The van der Waals surface area contributed by atoms with E-state index in [1.165, 1.54) is 0 Å². The lowest BCUT2D eigenvalue weighted by atomic mass is 9.81. The molecule has 2 atom stereocenters. The van der Waals surface area contributed by atoms with Gasteiger partial charge >= 0.3 is 0 Å². The molecule has 0 amide bonds. The quantitative estimate of drug-likeness (QED) is 0.828. The number of carbonyl (C=O) groups excluding carboxylic acids is 1. The molecule has 6 nitrogen and oxygen atoms in total. The summed E-state index contributed by atoms with van der Waals surface area (Å²) in [4.78, 5) is 17.6. The summed E-state index contributed by atoms with van der Waals surface area (Å²) in [7, 11) is 1.65. The van der Waals surface area contributed by atoms with Crippen molar-refractivity contribution in [2.24, 2.45) is 5.92 Å². The largest absolute Gasteiger partial charge is 0.497 e. The van der Waals surface area contributed by atoms with E-state index in [9.17, 15) is 4.79 Å². The van der Waals surface area contributed by atoms with E-state index in [0.717, 1.165) is 39.9 Å². The van der Waals surface area contributed by atoms with Crippen LogP contribution >= 0.6 is 11.8 Å². The van der Waals surface area contributed by atoms with Gasteiger partial charge < -0.3 is 10.1 Å². The highest BCUT2D eigenvalue weighted by atomic mass is 32.2. The van der Waals surface area contributed by atoms with E-state index in [-0.39, 0.29) is 11.8 Å². The van der Waals surface area contributed by atoms with Crippen molar-refractivity contribution in [3.8, 4) is 5.75 Å². The number of rotatable bonds is 4. The maximum Gasteiger partial charge on any atom is 0.227 e. The van der Waals surface area contributed by atoms with Crippen LogP contribution in [0.25, 0.3) is 0 Å². The number of hydrogen-bond donors (Lipinski definition) is 1. The zero-order valence-electron chi connectivity index (χ0n) is 15.2. The van der Waals surface area contributed by atoms with Crippen molar-refractivity contribution in [3.05, 3.63) is 41.1 Å². The smallest absolute Gasteiger partial charge is 0.227 e. The van der Waals surface area contributed by atoms with Crippen LogP contribution in [0.2, 0.25) is 0 Å². The number of nitrogens with one attached hydrogen (secondary N) is 1. The Bertz CT molecular complexity index is 889. The number of ether oxygens (including phenoxy) is 1. The van der Waals surface area contributed by atoms with Gasteiger partial charge in [0.1, 0.15) is 11.8 Å². The van der Waals surface area contributed by atoms with E-state index in [0.29, 0.717) is 18.3 Å². The van der Waals surface area contributed by atoms with Gasteiger partial charge in [-0.15, -0.1) is 5.10 Å². The lowest BCUT2D eigenvalue weighted by Gasteiger charge is -2.34. The highest BCUT2D eigenvalue weighted by molar-refractivity contribution is 7.99. The molecule has 0 saturated carbocycles. The molecular formula is C19H22N4O2S. The highest BCUT2D eigenvalue weighted by Crippen LogP contribution is 2.42. The van der Waals surface area contributed by atoms with Gasteiger partial charge in [0.05, 0.1) is 7.11 Å². The van der Waals surface area contributed by atoms with E-state index in [1.807, 2.05) is 28.9 Å². The van der Waals surface area contributed by atoms with E-state index in [2.05, 4.69) is 29.2 Å². The molecule has 0 spiro atoms. The molecule has 2 unspecified atom stereocenters. The normalized spacial score (nSPS) is 21.9. The number of hydrogen-bond acceptors (Lipinski definition) is 6. The number of nitrogens with zero attached hydrogens (tertiary/aromatic N) is 3. The fourth-order valence-corrected chi connectivity index (χ4v) is 4.25. The molecule has 1 aliphatic heterocycles. The first kappa shape index (κ1) is 17.1. The van der Waals surface area contributed by atoms with Crippen LogP contribution < -0.4 is 10.1 Å². The van der Waals surface area contributed by atoms with Crippen molar-refractivity contribution in [1.29, 1.82) is 0 Å². The van der Waals surface area contributed by atoms with Gasteiger partial charge in [-0.3, -0.25) is 4.79 Å². The number of aromatic nitrogens is 3. The summed E-state index contributed by atoms with van der Waals surface area (Å²) in [6, 6.07) is 7.59. The van der Waals surface area contributed by atoms with Crippen LogP contribution in [0.1, 0.15) is 38.3 Å². The summed E-state index contributed by atoms with van der Waals surface area (Å²) >= 11 is 1.60.